The van der Waals surface area contributed by atoms with E-state index in [0.29, 0.717) is 18.1 Å². The van der Waals surface area contributed by atoms with Crippen molar-refractivity contribution in [3.63, 3.8) is 0 Å². The van der Waals surface area contributed by atoms with E-state index in [2.05, 4.69) is 4.98 Å². The summed E-state index contributed by atoms with van der Waals surface area (Å²) in [4.78, 5) is 14.4. The molecule has 0 aliphatic carbocycles. The van der Waals surface area contributed by atoms with Gasteiger partial charge in [0, 0.05) is 12.5 Å². The van der Waals surface area contributed by atoms with Crippen LogP contribution in [0.4, 0.5) is 0 Å². The summed E-state index contributed by atoms with van der Waals surface area (Å²) in [6.07, 6.45) is 4.07. The van der Waals surface area contributed by atoms with E-state index in [0.717, 1.165) is 25.7 Å². The molecule has 1 aromatic rings. The summed E-state index contributed by atoms with van der Waals surface area (Å²) in [6, 6.07) is 0. The predicted molar refractivity (Wildman–Crippen MR) is 44.7 cm³/mol. The molecule has 4 nitrogen and oxygen atoms in total. The van der Waals surface area contributed by atoms with E-state index in [1.54, 1.807) is 0 Å². The van der Waals surface area contributed by atoms with Gasteiger partial charge in [-0.05, 0) is 12.8 Å². The van der Waals surface area contributed by atoms with Crippen molar-refractivity contribution >= 4 is 6.29 Å². The molecule has 2 heterocycles. The Morgan fingerprint density at radius 1 is 1.62 bits per heavy atom. The zero-order valence-corrected chi connectivity index (χ0v) is 7.23. The zero-order chi connectivity index (χ0) is 9.10. The number of ether oxygens (including phenoxy) is 1. The van der Waals surface area contributed by atoms with Crippen LogP contribution in [0.25, 0.3) is 0 Å². The third-order valence-electron chi connectivity index (χ3n) is 2.27. The molecule has 1 saturated heterocycles. The Hall–Kier alpha value is -1.16. The maximum absolute atomic E-state index is 10.6. The number of nitrogens with zero attached hydrogens (tertiary/aromatic N) is 1. The first kappa shape index (κ1) is 8.44. The summed E-state index contributed by atoms with van der Waals surface area (Å²) < 4.78 is 10.5. The van der Waals surface area contributed by atoms with Gasteiger partial charge in [0.15, 0.2) is 12.7 Å². The fourth-order valence-corrected chi connectivity index (χ4v) is 1.61. The van der Waals surface area contributed by atoms with Crippen LogP contribution < -0.4 is 0 Å². The van der Waals surface area contributed by atoms with Crippen LogP contribution in [0, 0.1) is 0 Å². The Balaban J connectivity index is 2.17. The maximum Gasteiger partial charge on any atom is 0.181 e. The average molecular weight is 181 g/mol. The monoisotopic (exact) mass is 181 g/mol. The minimum absolute atomic E-state index is 0.205. The fourth-order valence-electron chi connectivity index (χ4n) is 1.61. The summed E-state index contributed by atoms with van der Waals surface area (Å²) in [6.45, 7) is 1.44. The van der Waals surface area contributed by atoms with E-state index >= 15 is 0 Å². The van der Waals surface area contributed by atoms with Gasteiger partial charge < -0.3 is 9.15 Å². The lowest BCUT2D eigenvalue weighted by Gasteiger charge is -2.19. The summed E-state index contributed by atoms with van der Waals surface area (Å²) in [5.74, 6) is 0.881. The van der Waals surface area contributed by atoms with Gasteiger partial charge in [0.25, 0.3) is 0 Å². The minimum atomic E-state index is 0.205. The Kier molecular flexibility index (Phi) is 2.40. The number of hydrogen-bond donors (Lipinski definition) is 0. The summed E-state index contributed by atoms with van der Waals surface area (Å²) in [5, 5.41) is 0. The van der Waals surface area contributed by atoms with Crippen molar-refractivity contribution in [2.45, 2.75) is 18.8 Å². The number of carbonyl (C=O) groups excluding carboxylic acids is 1. The SMILES string of the molecule is O=Cc1ncoc1C1CCCOC1. The van der Waals surface area contributed by atoms with Crippen LogP contribution in [0.1, 0.15) is 35.0 Å². The van der Waals surface area contributed by atoms with Crippen LogP contribution in [0.15, 0.2) is 10.8 Å². The molecule has 70 valence electrons. The third-order valence-corrected chi connectivity index (χ3v) is 2.27. The molecule has 0 bridgehead atoms. The smallest absolute Gasteiger partial charge is 0.181 e. The molecule has 0 aromatic carbocycles. The largest absolute Gasteiger partial charge is 0.447 e. The maximum atomic E-state index is 10.6. The van der Waals surface area contributed by atoms with Crippen molar-refractivity contribution in [2.75, 3.05) is 13.2 Å². The van der Waals surface area contributed by atoms with Crippen molar-refractivity contribution in [3.8, 4) is 0 Å². The quantitative estimate of drug-likeness (QED) is 0.647. The van der Waals surface area contributed by atoms with Gasteiger partial charge in [0.1, 0.15) is 11.5 Å². The number of aldehydes is 1. The lowest BCUT2D eigenvalue weighted by Crippen LogP contribution is -2.16. The number of carbonyl (C=O) groups is 1. The lowest BCUT2D eigenvalue weighted by atomic mass is 9.98. The average Bonchev–Trinajstić information content (AvgIpc) is 2.67. The van der Waals surface area contributed by atoms with E-state index in [1.165, 1.54) is 6.39 Å². The fraction of sp³-hybridized carbons (Fsp3) is 0.556. The highest BCUT2D eigenvalue weighted by molar-refractivity contribution is 5.73. The highest BCUT2D eigenvalue weighted by Crippen LogP contribution is 2.26. The number of oxazole rings is 1. The highest BCUT2D eigenvalue weighted by atomic mass is 16.5. The Morgan fingerprint density at radius 2 is 2.54 bits per heavy atom. The van der Waals surface area contributed by atoms with E-state index in [4.69, 9.17) is 9.15 Å². The predicted octanol–water partition coefficient (Wildman–Crippen LogP) is 1.38. The minimum Gasteiger partial charge on any atom is -0.447 e. The van der Waals surface area contributed by atoms with Crippen molar-refractivity contribution < 1.29 is 13.9 Å². The molecule has 0 N–H and O–H groups in total. The normalized spacial score (nSPS) is 22.9. The molecule has 0 amide bonds. The molecule has 0 radical (unpaired) electrons. The first-order valence-corrected chi connectivity index (χ1v) is 4.38. The molecule has 2 rings (SSSR count). The van der Waals surface area contributed by atoms with E-state index in [-0.39, 0.29) is 5.92 Å². The van der Waals surface area contributed by atoms with Crippen molar-refractivity contribution in [2.24, 2.45) is 0 Å². The van der Waals surface area contributed by atoms with Gasteiger partial charge in [-0.25, -0.2) is 4.98 Å². The first-order chi connectivity index (χ1) is 6.42. The molecular weight excluding hydrogens is 170 g/mol. The van der Waals surface area contributed by atoms with E-state index in [1.807, 2.05) is 0 Å². The highest BCUT2D eigenvalue weighted by Gasteiger charge is 2.22. The molecular formula is C9H11NO3. The molecule has 1 atom stereocenters. The van der Waals surface area contributed by atoms with Crippen molar-refractivity contribution in [1.29, 1.82) is 0 Å². The van der Waals surface area contributed by atoms with Gasteiger partial charge >= 0.3 is 0 Å². The van der Waals surface area contributed by atoms with Crippen LogP contribution in [0.2, 0.25) is 0 Å². The van der Waals surface area contributed by atoms with Crippen LogP contribution in [-0.4, -0.2) is 24.5 Å². The molecule has 13 heavy (non-hydrogen) atoms. The topological polar surface area (TPSA) is 52.3 Å². The van der Waals surface area contributed by atoms with Crippen molar-refractivity contribution in [1.82, 2.24) is 4.98 Å². The second-order valence-electron chi connectivity index (χ2n) is 3.13. The number of aromatic nitrogens is 1. The van der Waals surface area contributed by atoms with E-state index in [9.17, 15) is 4.79 Å². The molecule has 0 spiro atoms. The summed E-state index contributed by atoms with van der Waals surface area (Å²) in [5.41, 5.74) is 0.413. The van der Waals surface area contributed by atoms with Gasteiger partial charge in [0.05, 0.1) is 6.61 Å². The lowest BCUT2D eigenvalue weighted by molar-refractivity contribution is 0.0737. The van der Waals surface area contributed by atoms with Crippen molar-refractivity contribution in [3.05, 3.63) is 17.8 Å². The Bertz CT molecular complexity index is 289. The van der Waals surface area contributed by atoms with Crippen LogP contribution >= 0.6 is 0 Å². The molecule has 0 saturated carbocycles. The van der Waals surface area contributed by atoms with Gasteiger partial charge in [-0.1, -0.05) is 0 Å². The molecule has 1 aliphatic rings. The summed E-state index contributed by atoms with van der Waals surface area (Å²) in [7, 11) is 0. The molecule has 1 fully saturated rings. The van der Waals surface area contributed by atoms with Gasteiger partial charge in [0.2, 0.25) is 0 Å². The second kappa shape index (κ2) is 3.70. The van der Waals surface area contributed by atoms with Gasteiger partial charge in [-0.2, -0.15) is 0 Å². The first-order valence-electron chi connectivity index (χ1n) is 4.38. The zero-order valence-electron chi connectivity index (χ0n) is 7.23. The van der Waals surface area contributed by atoms with Gasteiger partial charge in [-0.15, -0.1) is 0 Å². The second-order valence-corrected chi connectivity index (χ2v) is 3.13. The molecule has 4 heteroatoms. The standard InChI is InChI=1S/C9H11NO3/c11-4-8-9(13-6-10-8)7-2-1-3-12-5-7/h4,6-7H,1-3,5H2. The third kappa shape index (κ3) is 1.62. The van der Waals surface area contributed by atoms with Crippen LogP contribution in [-0.2, 0) is 4.74 Å². The molecule has 1 unspecified atom stereocenters. The van der Waals surface area contributed by atoms with Crippen LogP contribution in [0.3, 0.4) is 0 Å². The number of rotatable bonds is 2. The number of hydrogen-bond acceptors (Lipinski definition) is 4. The Morgan fingerprint density at radius 3 is 3.23 bits per heavy atom. The Labute approximate surface area is 75.9 Å². The summed E-state index contributed by atoms with van der Waals surface area (Å²) >= 11 is 0. The van der Waals surface area contributed by atoms with Crippen LogP contribution in [0.5, 0.6) is 0 Å². The van der Waals surface area contributed by atoms with Gasteiger partial charge in [-0.3, -0.25) is 4.79 Å². The molecule has 1 aromatic heterocycles. The van der Waals surface area contributed by atoms with E-state index < -0.39 is 0 Å². The molecule has 1 aliphatic heterocycles.